The minimum absolute atomic E-state index is 0.103. The molecule has 0 saturated heterocycles. The van der Waals surface area contributed by atoms with Gasteiger partial charge in [0.05, 0.1) is 12.8 Å². The third kappa shape index (κ3) is 6.48. The molecule has 116 valence electrons. The number of rotatable bonds is 7. The normalized spacial score (nSPS) is 11.6. The van der Waals surface area contributed by atoms with Crippen molar-refractivity contribution in [3.8, 4) is 5.75 Å². The van der Waals surface area contributed by atoms with Crippen LogP contribution in [0.5, 0.6) is 5.75 Å². The highest BCUT2D eigenvalue weighted by Crippen LogP contribution is 2.26. The molecule has 21 heavy (non-hydrogen) atoms. The maximum Gasteiger partial charge on any atom is 0.319 e. The molecule has 3 N–H and O–H groups in total. The fourth-order valence-electron chi connectivity index (χ4n) is 1.74. The quantitative estimate of drug-likeness (QED) is 0.698. The van der Waals surface area contributed by atoms with Gasteiger partial charge in [-0.05, 0) is 47.8 Å². The molecule has 0 saturated carbocycles. The number of ether oxygens (including phenoxy) is 1. The van der Waals surface area contributed by atoms with Crippen molar-refractivity contribution in [2.75, 3.05) is 12.4 Å². The van der Waals surface area contributed by atoms with Crippen LogP contribution >= 0.6 is 15.9 Å². The molecule has 1 unspecified atom stereocenters. The highest BCUT2D eigenvalue weighted by molar-refractivity contribution is 9.10. The number of carboxylic acids is 1. The van der Waals surface area contributed by atoms with Crippen molar-refractivity contribution in [1.82, 2.24) is 5.32 Å². The van der Waals surface area contributed by atoms with Gasteiger partial charge >= 0.3 is 12.0 Å². The number of methoxy groups -OCH3 is 1. The number of carboxylic acid groups (broad SMARTS) is 1. The second kappa shape index (κ2) is 8.51. The molecule has 0 heterocycles. The number of carbonyl (C=O) groups excluding carboxylic acids is 1. The van der Waals surface area contributed by atoms with Gasteiger partial charge in [-0.15, -0.1) is 0 Å². The van der Waals surface area contributed by atoms with E-state index in [1.165, 1.54) is 0 Å². The number of hydrogen-bond acceptors (Lipinski definition) is 3. The lowest BCUT2D eigenvalue weighted by molar-refractivity contribution is -0.137. The molecule has 0 bridgehead atoms. The molecule has 0 aromatic heterocycles. The van der Waals surface area contributed by atoms with Crippen molar-refractivity contribution in [2.24, 2.45) is 0 Å². The number of hydrogen-bond donors (Lipinski definition) is 3. The van der Waals surface area contributed by atoms with Gasteiger partial charge < -0.3 is 20.5 Å². The van der Waals surface area contributed by atoms with E-state index in [1.54, 1.807) is 25.3 Å². The Bertz CT molecular complexity index is 508. The highest BCUT2D eigenvalue weighted by atomic mass is 79.9. The van der Waals surface area contributed by atoms with Gasteiger partial charge in [0.2, 0.25) is 0 Å². The summed E-state index contributed by atoms with van der Waals surface area (Å²) in [5.41, 5.74) is 0.601. The molecule has 2 amide bonds. The zero-order chi connectivity index (χ0) is 15.8. The van der Waals surface area contributed by atoms with Gasteiger partial charge in [0, 0.05) is 23.0 Å². The number of halogens is 1. The number of anilines is 1. The number of urea groups is 1. The Kier molecular flexibility index (Phi) is 7.01. The maximum absolute atomic E-state index is 11.9. The van der Waals surface area contributed by atoms with Gasteiger partial charge in [0.15, 0.2) is 0 Å². The summed E-state index contributed by atoms with van der Waals surface area (Å²) >= 11 is 3.35. The molecule has 6 nitrogen and oxygen atoms in total. The minimum Gasteiger partial charge on any atom is -0.497 e. The maximum atomic E-state index is 11.9. The zero-order valence-electron chi connectivity index (χ0n) is 12.0. The molecule has 7 heteroatoms. The fourth-order valence-corrected chi connectivity index (χ4v) is 2.09. The van der Waals surface area contributed by atoms with Crippen LogP contribution in [0, 0.1) is 0 Å². The van der Waals surface area contributed by atoms with E-state index in [9.17, 15) is 9.59 Å². The van der Waals surface area contributed by atoms with E-state index in [0.717, 1.165) is 4.47 Å². The van der Waals surface area contributed by atoms with Crippen LogP contribution in [0.2, 0.25) is 0 Å². The molecule has 0 spiro atoms. The monoisotopic (exact) mass is 358 g/mol. The number of benzene rings is 1. The fraction of sp³-hybridized carbons (Fsp3) is 0.429. The molecule has 1 aromatic rings. The predicted molar refractivity (Wildman–Crippen MR) is 83.8 cm³/mol. The van der Waals surface area contributed by atoms with Crippen molar-refractivity contribution in [3.63, 3.8) is 0 Å². The summed E-state index contributed by atoms with van der Waals surface area (Å²) in [6.45, 7) is 1.84. The first-order valence-corrected chi connectivity index (χ1v) is 7.34. The summed E-state index contributed by atoms with van der Waals surface area (Å²) in [7, 11) is 1.55. The third-order valence-corrected chi connectivity index (χ3v) is 3.52. The van der Waals surface area contributed by atoms with Gasteiger partial charge in [-0.25, -0.2) is 4.79 Å². The summed E-state index contributed by atoms with van der Waals surface area (Å²) in [4.78, 5) is 22.3. The second-order valence-corrected chi connectivity index (χ2v) is 5.49. The van der Waals surface area contributed by atoms with E-state index in [0.29, 0.717) is 24.3 Å². The lowest BCUT2D eigenvalue weighted by Crippen LogP contribution is -2.36. The number of nitrogens with one attached hydrogen (secondary N) is 2. The van der Waals surface area contributed by atoms with Crippen LogP contribution in [-0.4, -0.2) is 30.3 Å². The van der Waals surface area contributed by atoms with E-state index in [4.69, 9.17) is 9.84 Å². The highest BCUT2D eigenvalue weighted by Gasteiger charge is 2.10. The van der Waals surface area contributed by atoms with Crippen LogP contribution in [0.1, 0.15) is 26.2 Å². The van der Waals surface area contributed by atoms with E-state index in [1.807, 2.05) is 6.92 Å². The molecule has 0 aliphatic heterocycles. The van der Waals surface area contributed by atoms with Crippen LogP contribution in [0.4, 0.5) is 10.5 Å². The second-order valence-electron chi connectivity index (χ2n) is 4.63. The smallest absolute Gasteiger partial charge is 0.319 e. The first kappa shape index (κ1) is 17.3. The lowest BCUT2D eigenvalue weighted by atomic mass is 10.1. The summed E-state index contributed by atoms with van der Waals surface area (Å²) < 4.78 is 5.85. The molecule has 0 fully saturated rings. The number of aliphatic carboxylic acids is 1. The van der Waals surface area contributed by atoms with Crippen LogP contribution < -0.4 is 15.4 Å². The summed E-state index contributed by atoms with van der Waals surface area (Å²) in [6.07, 6.45) is 1.24. The summed E-state index contributed by atoms with van der Waals surface area (Å²) in [6, 6.07) is 4.83. The van der Waals surface area contributed by atoms with Crippen LogP contribution in [0.25, 0.3) is 0 Å². The molecular weight excluding hydrogens is 340 g/mol. The average molecular weight is 359 g/mol. The van der Waals surface area contributed by atoms with E-state index in [2.05, 4.69) is 26.6 Å². The molecule has 0 aliphatic rings. The topological polar surface area (TPSA) is 87.7 Å². The van der Waals surface area contributed by atoms with Gasteiger partial charge in [0.25, 0.3) is 0 Å². The minimum atomic E-state index is -0.827. The SMILES string of the molecule is COc1ccc(Br)c(NC(=O)NC(C)CCCC(=O)O)c1. The Hall–Kier alpha value is -1.76. The molecule has 0 radical (unpaired) electrons. The van der Waals surface area contributed by atoms with Crippen LogP contribution in [0.3, 0.4) is 0 Å². The van der Waals surface area contributed by atoms with Gasteiger partial charge in [-0.2, -0.15) is 0 Å². The Balaban J connectivity index is 2.48. The summed E-state index contributed by atoms with van der Waals surface area (Å²) in [5.74, 6) is -0.185. The van der Waals surface area contributed by atoms with Crippen molar-refractivity contribution in [3.05, 3.63) is 22.7 Å². The zero-order valence-corrected chi connectivity index (χ0v) is 13.6. The molecule has 1 aromatic carbocycles. The van der Waals surface area contributed by atoms with Crippen molar-refractivity contribution in [1.29, 1.82) is 0 Å². The molecule has 1 rings (SSSR count). The van der Waals surface area contributed by atoms with E-state index >= 15 is 0 Å². The van der Waals surface area contributed by atoms with Crippen molar-refractivity contribution in [2.45, 2.75) is 32.2 Å². The largest absolute Gasteiger partial charge is 0.497 e. The molecule has 0 aliphatic carbocycles. The van der Waals surface area contributed by atoms with E-state index in [-0.39, 0.29) is 18.5 Å². The van der Waals surface area contributed by atoms with E-state index < -0.39 is 5.97 Å². The number of amides is 2. The Labute approximate surface area is 132 Å². The van der Waals surface area contributed by atoms with Gasteiger partial charge in [-0.3, -0.25) is 4.79 Å². The van der Waals surface area contributed by atoms with Gasteiger partial charge in [0.1, 0.15) is 5.75 Å². The lowest BCUT2D eigenvalue weighted by Gasteiger charge is -2.15. The Morgan fingerprint density at radius 3 is 2.76 bits per heavy atom. The standard InChI is InChI=1S/C14H19BrN2O4/c1-9(4-3-5-13(18)19)16-14(20)17-12-8-10(21-2)6-7-11(12)15/h6-9H,3-5H2,1-2H3,(H,18,19)(H2,16,17,20). The first-order chi connectivity index (χ1) is 9.92. The van der Waals surface area contributed by atoms with Crippen LogP contribution in [-0.2, 0) is 4.79 Å². The third-order valence-electron chi connectivity index (χ3n) is 2.83. The van der Waals surface area contributed by atoms with Crippen molar-refractivity contribution >= 4 is 33.6 Å². The predicted octanol–water partition coefficient (Wildman–Crippen LogP) is 3.22. The first-order valence-electron chi connectivity index (χ1n) is 6.55. The molecular formula is C14H19BrN2O4. The number of carbonyl (C=O) groups is 2. The van der Waals surface area contributed by atoms with Crippen molar-refractivity contribution < 1.29 is 19.4 Å². The molecule has 1 atom stereocenters. The Morgan fingerprint density at radius 1 is 1.43 bits per heavy atom. The average Bonchev–Trinajstić information content (AvgIpc) is 2.40. The summed E-state index contributed by atoms with van der Waals surface area (Å²) in [5, 5.41) is 14.1. The van der Waals surface area contributed by atoms with Crippen LogP contribution in [0.15, 0.2) is 22.7 Å². The Morgan fingerprint density at radius 2 is 2.14 bits per heavy atom. The van der Waals surface area contributed by atoms with Gasteiger partial charge in [-0.1, -0.05) is 0 Å².